The topological polar surface area (TPSA) is 3.24 Å². The van der Waals surface area contributed by atoms with Gasteiger partial charge in [0.05, 0.1) is 0 Å². The minimum absolute atomic E-state index is 0.183. The maximum absolute atomic E-state index is 13.6. The lowest BCUT2D eigenvalue weighted by atomic mass is 9.76. The van der Waals surface area contributed by atoms with Crippen molar-refractivity contribution in [2.24, 2.45) is 0 Å². The Morgan fingerprint density at radius 2 is 1.88 bits per heavy atom. The van der Waals surface area contributed by atoms with Crippen LogP contribution in [-0.2, 0) is 12.0 Å². The summed E-state index contributed by atoms with van der Waals surface area (Å²) in [5, 5.41) is 0. The number of aryl methyl sites for hydroxylation is 1. The Labute approximate surface area is 144 Å². The van der Waals surface area contributed by atoms with Gasteiger partial charge in [-0.05, 0) is 37.1 Å². The zero-order valence-corrected chi connectivity index (χ0v) is 14.7. The number of nitrogens with zero attached hydrogens (tertiary/aromatic N) is 1. The molecule has 0 fully saturated rings. The highest BCUT2D eigenvalue weighted by Crippen LogP contribution is 2.38. The predicted octanol–water partition coefficient (Wildman–Crippen LogP) is 5.45. The molecule has 124 valence electrons. The fourth-order valence-electron chi connectivity index (χ4n) is 3.35. The smallest absolute Gasteiger partial charge is 0.123 e. The molecule has 0 bridgehead atoms. The van der Waals surface area contributed by atoms with E-state index in [1.165, 1.54) is 17.2 Å². The van der Waals surface area contributed by atoms with Crippen LogP contribution in [-0.4, -0.2) is 11.4 Å². The first kappa shape index (κ1) is 16.5. The first-order valence-corrected chi connectivity index (χ1v) is 8.27. The predicted molar refractivity (Wildman–Crippen MR) is 99.2 cm³/mol. The summed E-state index contributed by atoms with van der Waals surface area (Å²) in [6.45, 7) is 16.4. The molecule has 0 spiro atoms. The van der Waals surface area contributed by atoms with Crippen molar-refractivity contribution in [2.45, 2.75) is 32.7 Å². The van der Waals surface area contributed by atoms with E-state index in [2.05, 4.69) is 63.1 Å². The van der Waals surface area contributed by atoms with Gasteiger partial charge in [-0.2, -0.15) is 0 Å². The molecule has 2 heteroatoms. The van der Waals surface area contributed by atoms with Crippen molar-refractivity contribution in [1.82, 2.24) is 4.90 Å². The summed E-state index contributed by atoms with van der Waals surface area (Å²) in [5.41, 5.74) is 6.37. The Balaban J connectivity index is 1.92. The lowest BCUT2D eigenvalue weighted by Gasteiger charge is -2.36. The average Bonchev–Trinajstić information content (AvgIpc) is 2.83. The molecule has 0 radical (unpaired) electrons. The maximum Gasteiger partial charge on any atom is 0.123 e. The Morgan fingerprint density at radius 3 is 2.50 bits per heavy atom. The molecule has 0 aromatic heterocycles. The number of hydrogen-bond acceptors (Lipinski definition) is 1. The third-order valence-electron chi connectivity index (χ3n) is 5.26. The Bertz CT molecular complexity index is 803. The molecule has 3 rings (SSSR count). The van der Waals surface area contributed by atoms with E-state index < -0.39 is 0 Å². The molecule has 0 saturated carbocycles. The van der Waals surface area contributed by atoms with Crippen molar-refractivity contribution in [3.8, 4) is 0 Å². The third-order valence-corrected chi connectivity index (χ3v) is 5.26. The van der Waals surface area contributed by atoms with Crippen molar-refractivity contribution < 1.29 is 4.39 Å². The molecule has 0 aliphatic carbocycles. The van der Waals surface area contributed by atoms with Crippen molar-refractivity contribution in [2.75, 3.05) is 6.54 Å². The third kappa shape index (κ3) is 2.77. The summed E-state index contributed by atoms with van der Waals surface area (Å²) in [7, 11) is 0. The highest BCUT2D eigenvalue weighted by Gasteiger charge is 2.33. The molecule has 1 unspecified atom stereocenters. The summed E-state index contributed by atoms with van der Waals surface area (Å²) >= 11 is 0. The summed E-state index contributed by atoms with van der Waals surface area (Å²) in [6.07, 6.45) is 0. The fraction of sp³-hybridized carbons (Fsp3) is 0.273. The summed E-state index contributed by atoms with van der Waals surface area (Å²) in [6, 6.07) is 13.6. The zero-order chi connectivity index (χ0) is 17.5. The van der Waals surface area contributed by atoms with Gasteiger partial charge >= 0.3 is 0 Å². The number of rotatable bonds is 4. The van der Waals surface area contributed by atoms with E-state index in [-0.39, 0.29) is 11.2 Å². The van der Waals surface area contributed by atoms with E-state index in [1.54, 1.807) is 6.07 Å². The van der Waals surface area contributed by atoms with Gasteiger partial charge in [0.2, 0.25) is 0 Å². The van der Waals surface area contributed by atoms with E-state index in [4.69, 9.17) is 0 Å². The first-order valence-electron chi connectivity index (χ1n) is 8.27. The SMILES string of the molecule is C=C1c2cc(F)ccc2CN1CC(C)(C(=C)C)c1ccc(C)cc1. The summed E-state index contributed by atoms with van der Waals surface area (Å²) in [4.78, 5) is 2.23. The molecule has 1 nitrogen and oxygen atoms in total. The lowest BCUT2D eigenvalue weighted by molar-refractivity contribution is 0.332. The van der Waals surface area contributed by atoms with Crippen LogP contribution in [0.1, 0.15) is 36.1 Å². The van der Waals surface area contributed by atoms with Crippen LogP contribution in [0.3, 0.4) is 0 Å². The van der Waals surface area contributed by atoms with Crippen LogP contribution in [0.2, 0.25) is 0 Å². The molecule has 2 aromatic rings. The number of hydrogen-bond donors (Lipinski definition) is 0. The average molecular weight is 321 g/mol. The number of benzene rings is 2. The first-order chi connectivity index (χ1) is 11.3. The van der Waals surface area contributed by atoms with Gasteiger partial charge in [-0.1, -0.05) is 61.5 Å². The summed E-state index contributed by atoms with van der Waals surface area (Å²) in [5.74, 6) is -0.210. The minimum Gasteiger partial charge on any atom is -0.366 e. The van der Waals surface area contributed by atoms with Crippen LogP contribution in [0, 0.1) is 12.7 Å². The van der Waals surface area contributed by atoms with Gasteiger partial charge in [-0.15, -0.1) is 0 Å². The molecular weight excluding hydrogens is 297 g/mol. The van der Waals surface area contributed by atoms with Gasteiger partial charge in [-0.3, -0.25) is 0 Å². The molecule has 24 heavy (non-hydrogen) atoms. The molecular formula is C22H24FN. The zero-order valence-electron chi connectivity index (χ0n) is 14.7. The second kappa shape index (κ2) is 5.94. The van der Waals surface area contributed by atoms with E-state index in [0.717, 1.165) is 35.5 Å². The second-order valence-corrected chi connectivity index (χ2v) is 7.08. The molecule has 1 aliphatic rings. The Morgan fingerprint density at radius 1 is 1.21 bits per heavy atom. The molecule has 2 aromatic carbocycles. The Hall–Kier alpha value is -2.35. The van der Waals surface area contributed by atoms with Crippen LogP contribution in [0.5, 0.6) is 0 Å². The van der Waals surface area contributed by atoms with E-state index >= 15 is 0 Å². The normalized spacial score (nSPS) is 16.0. The Kier molecular flexibility index (Phi) is 4.08. The van der Waals surface area contributed by atoms with Crippen LogP contribution >= 0.6 is 0 Å². The number of fused-ring (bicyclic) bond motifs is 1. The van der Waals surface area contributed by atoms with E-state index in [1.807, 2.05) is 6.07 Å². The molecule has 0 saturated heterocycles. The van der Waals surface area contributed by atoms with E-state index in [0.29, 0.717) is 0 Å². The monoisotopic (exact) mass is 321 g/mol. The molecule has 1 atom stereocenters. The minimum atomic E-state index is -0.210. The van der Waals surface area contributed by atoms with Crippen molar-refractivity contribution in [3.05, 3.63) is 89.3 Å². The quantitative estimate of drug-likeness (QED) is 0.676. The van der Waals surface area contributed by atoms with Crippen LogP contribution < -0.4 is 0 Å². The molecule has 1 heterocycles. The maximum atomic E-state index is 13.6. The molecule has 0 N–H and O–H groups in total. The van der Waals surface area contributed by atoms with Gasteiger partial charge in [-0.25, -0.2) is 4.39 Å². The highest BCUT2D eigenvalue weighted by atomic mass is 19.1. The van der Waals surface area contributed by atoms with Gasteiger partial charge in [0.15, 0.2) is 0 Å². The summed E-state index contributed by atoms with van der Waals surface area (Å²) < 4.78 is 13.6. The van der Waals surface area contributed by atoms with E-state index in [9.17, 15) is 4.39 Å². The molecule has 0 amide bonds. The highest BCUT2D eigenvalue weighted by molar-refractivity contribution is 5.69. The standard InChI is InChI=1S/C22H24FN/c1-15(2)22(5,19-9-6-16(3)7-10-19)14-24-13-18-8-11-20(23)12-21(18)17(24)4/h6-12H,1,4,13-14H2,2-3,5H3. The second-order valence-electron chi connectivity index (χ2n) is 7.08. The van der Waals surface area contributed by atoms with Crippen LogP contribution in [0.25, 0.3) is 5.70 Å². The number of halogens is 1. The van der Waals surface area contributed by atoms with Crippen molar-refractivity contribution in [1.29, 1.82) is 0 Å². The fourth-order valence-corrected chi connectivity index (χ4v) is 3.35. The van der Waals surface area contributed by atoms with Gasteiger partial charge in [0, 0.05) is 29.8 Å². The van der Waals surface area contributed by atoms with Gasteiger partial charge in [0.1, 0.15) is 5.82 Å². The van der Waals surface area contributed by atoms with Crippen LogP contribution in [0.4, 0.5) is 4.39 Å². The van der Waals surface area contributed by atoms with Crippen LogP contribution in [0.15, 0.2) is 61.2 Å². The van der Waals surface area contributed by atoms with Crippen molar-refractivity contribution in [3.63, 3.8) is 0 Å². The van der Waals surface area contributed by atoms with Gasteiger partial charge in [0.25, 0.3) is 0 Å². The largest absolute Gasteiger partial charge is 0.366 e. The molecule has 1 aliphatic heterocycles. The van der Waals surface area contributed by atoms with Gasteiger partial charge < -0.3 is 4.90 Å². The lowest BCUT2D eigenvalue weighted by Crippen LogP contribution is -2.36. The van der Waals surface area contributed by atoms with Crippen molar-refractivity contribution >= 4 is 5.70 Å².